The highest BCUT2D eigenvalue weighted by Gasteiger charge is 2.43. The summed E-state index contributed by atoms with van der Waals surface area (Å²) in [5.74, 6) is -0.750. The number of carbonyl (C=O) groups is 1. The molecule has 21 heavy (non-hydrogen) atoms. The molecule has 0 unspecified atom stereocenters. The second-order valence-corrected chi connectivity index (χ2v) is 5.36. The van der Waals surface area contributed by atoms with Gasteiger partial charge in [0.15, 0.2) is 0 Å². The van der Waals surface area contributed by atoms with Crippen molar-refractivity contribution < 1.29 is 24.1 Å². The van der Waals surface area contributed by atoms with Crippen LogP contribution in [0.1, 0.15) is 39.0 Å². The first-order chi connectivity index (χ1) is 10.2. The summed E-state index contributed by atoms with van der Waals surface area (Å²) < 4.78 is 16.1. The third-order valence-electron chi connectivity index (χ3n) is 3.71. The zero-order chi connectivity index (χ0) is 15.4. The van der Waals surface area contributed by atoms with E-state index in [0.717, 1.165) is 25.9 Å². The SMILES string of the molecule is CCCCOCCOCCOCCNC1(C(=O)O)CCC1. The minimum Gasteiger partial charge on any atom is -0.480 e. The summed E-state index contributed by atoms with van der Waals surface area (Å²) >= 11 is 0. The molecule has 124 valence electrons. The van der Waals surface area contributed by atoms with Crippen LogP contribution in [0.4, 0.5) is 0 Å². The van der Waals surface area contributed by atoms with Gasteiger partial charge in [0.1, 0.15) is 5.54 Å². The van der Waals surface area contributed by atoms with Crippen molar-refractivity contribution in [2.24, 2.45) is 0 Å². The van der Waals surface area contributed by atoms with E-state index in [0.29, 0.717) is 52.4 Å². The van der Waals surface area contributed by atoms with Gasteiger partial charge in [0, 0.05) is 13.2 Å². The molecule has 0 aromatic heterocycles. The van der Waals surface area contributed by atoms with Crippen LogP contribution in [-0.4, -0.2) is 62.8 Å². The summed E-state index contributed by atoms with van der Waals surface area (Å²) in [7, 11) is 0. The number of rotatable bonds is 14. The third-order valence-corrected chi connectivity index (χ3v) is 3.71. The number of carboxylic acids is 1. The lowest BCUT2D eigenvalue weighted by atomic mass is 9.77. The van der Waals surface area contributed by atoms with E-state index >= 15 is 0 Å². The number of aliphatic carboxylic acids is 1. The van der Waals surface area contributed by atoms with Crippen LogP contribution in [-0.2, 0) is 19.0 Å². The summed E-state index contributed by atoms with van der Waals surface area (Å²) in [6.07, 6.45) is 4.64. The first-order valence-electron chi connectivity index (χ1n) is 7.93. The highest BCUT2D eigenvalue weighted by atomic mass is 16.5. The van der Waals surface area contributed by atoms with Gasteiger partial charge < -0.3 is 19.3 Å². The van der Waals surface area contributed by atoms with Gasteiger partial charge in [-0.1, -0.05) is 13.3 Å². The number of hydrogen-bond donors (Lipinski definition) is 2. The highest BCUT2D eigenvalue weighted by molar-refractivity contribution is 5.79. The first kappa shape index (κ1) is 18.4. The molecule has 1 aliphatic rings. The molecule has 0 radical (unpaired) electrons. The van der Waals surface area contributed by atoms with Gasteiger partial charge >= 0.3 is 5.97 Å². The molecule has 1 rings (SSSR count). The Labute approximate surface area is 127 Å². The molecule has 0 spiro atoms. The number of hydrogen-bond acceptors (Lipinski definition) is 5. The zero-order valence-electron chi connectivity index (χ0n) is 13.1. The fourth-order valence-electron chi connectivity index (χ4n) is 2.15. The molecule has 0 saturated heterocycles. The van der Waals surface area contributed by atoms with E-state index in [1.807, 2.05) is 0 Å². The van der Waals surface area contributed by atoms with Crippen LogP contribution >= 0.6 is 0 Å². The lowest BCUT2D eigenvalue weighted by Crippen LogP contribution is -2.57. The number of unbranched alkanes of at least 4 members (excludes halogenated alkanes) is 1. The molecular formula is C15H29NO5. The van der Waals surface area contributed by atoms with Crippen LogP contribution in [0.15, 0.2) is 0 Å². The highest BCUT2D eigenvalue weighted by Crippen LogP contribution is 2.31. The van der Waals surface area contributed by atoms with Crippen LogP contribution in [0.25, 0.3) is 0 Å². The Morgan fingerprint density at radius 2 is 1.62 bits per heavy atom. The van der Waals surface area contributed by atoms with Crippen molar-refractivity contribution in [2.45, 2.75) is 44.6 Å². The van der Waals surface area contributed by atoms with Gasteiger partial charge in [-0.3, -0.25) is 10.1 Å². The van der Waals surface area contributed by atoms with Gasteiger partial charge in [-0.05, 0) is 25.7 Å². The fraction of sp³-hybridized carbons (Fsp3) is 0.933. The molecule has 0 amide bonds. The van der Waals surface area contributed by atoms with Crippen LogP contribution in [0.3, 0.4) is 0 Å². The zero-order valence-corrected chi connectivity index (χ0v) is 13.1. The molecule has 1 aliphatic carbocycles. The van der Waals surface area contributed by atoms with E-state index in [1.54, 1.807) is 0 Å². The Hall–Kier alpha value is -0.690. The quantitative estimate of drug-likeness (QED) is 0.473. The Kier molecular flexibility index (Phi) is 9.58. The molecule has 0 aliphatic heterocycles. The van der Waals surface area contributed by atoms with Crippen molar-refractivity contribution >= 4 is 5.97 Å². The Bertz CT molecular complexity index is 281. The lowest BCUT2D eigenvalue weighted by Gasteiger charge is -2.38. The summed E-state index contributed by atoms with van der Waals surface area (Å²) in [6.45, 7) is 6.29. The van der Waals surface area contributed by atoms with E-state index in [9.17, 15) is 4.79 Å². The van der Waals surface area contributed by atoms with Crippen molar-refractivity contribution in [3.05, 3.63) is 0 Å². The summed E-state index contributed by atoms with van der Waals surface area (Å²) in [5.41, 5.74) is -0.699. The van der Waals surface area contributed by atoms with E-state index in [1.165, 1.54) is 0 Å². The van der Waals surface area contributed by atoms with Gasteiger partial charge in [-0.15, -0.1) is 0 Å². The van der Waals surface area contributed by atoms with Crippen molar-refractivity contribution in [1.29, 1.82) is 0 Å². The minimum absolute atomic E-state index is 0.505. The van der Waals surface area contributed by atoms with E-state index < -0.39 is 11.5 Å². The van der Waals surface area contributed by atoms with Crippen molar-refractivity contribution in [2.75, 3.05) is 46.2 Å². The largest absolute Gasteiger partial charge is 0.480 e. The van der Waals surface area contributed by atoms with Gasteiger partial charge in [0.2, 0.25) is 0 Å². The number of carboxylic acid groups (broad SMARTS) is 1. The second kappa shape index (κ2) is 11.0. The molecule has 0 aromatic carbocycles. The molecule has 1 saturated carbocycles. The third kappa shape index (κ3) is 7.22. The smallest absolute Gasteiger partial charge is 0.323 e. The molecule has 0 bridgehead atoms. The van der Waals surface area contributed by atoms with Crippen LogP contribution < -0.4 is 5.32 Å². The maximum Gasteiger partial charge on any atom is 0.323 e. The van der Waals surface area contributed by atoms with Crippen molar-refractivity contribution in [1.82, 2.24) is 5.32 Å². The van der Waals surface area contributed by atoms with Crippen LogP contribution in [0.2, 0.25) is 0 Å². The number of ether oxygens (including phenoxy) is 3. The van der Waals surface area contributed by atoms with Crippen LogP contribution in [0, 0.1) is 0 Å². The molecule has 0 aromatic rings. The maximum atomic E-state index is 11.1. The van der Waals surface area contributed by atoms with Gasteiger partial charge in [-0.25, -0.2) is 0 Å². The standard InChI is InChI=1S/C15H29NO5/c1-2-3-8-19-10-12-21-13-11-20-9-7-16-15(14(17)18)5-4-6-15/h16H,2-13H2,1H3,(H,17,18). The average molecular weight is 303 g/mol. The first-order valence-corrected chi connectivity index (χ1v) is 7.93. The maximum absolute atomic E-state index is 11.1. The minimum atomic E-state index is -0.750. The molecule has 6 heteroatoms. The Balaban J connectivity index is 1.82. The normalized spacial score (nSPS) is 16.6. The van der Waals surface area contributed by atoms with E-state index in [4.69, 9.17) is 19.3 Å². The summed E-state index contributed by atoms with van der Waals surface area (Å²) in [6, 6.07) is 0. The summed E-state index contributed by atoms with van der Waals surface area (Å²) in [4.78, 5) is 11.1. The topological polar surface area (TPSA) is 77.0 Å². The van der Waals surface area contributed by atoms with Crippen molar-refractivity contribution in [3.8, 4) is 0 Å². The van der Waals surface area contributed by atoms with E-state index in [-0.39, 0.29) is 0 Å². The number of nitrogens with one attached hydrogen (secondary N) is 1. The molecule has 6 nitrogen and oxygen atoms in total. The molecule has 2 N–H and O–H groups in total. The average Bonchev–Trinajstić information content (AvgIpc) is 2.42. The van der Waals surface area contributed by atoms with E-state index in [2.05, 4.69) is 12.2 Å². The second-order valence-electron chi connectivity index (χ2n) is 5.36. The van der Waals surface area contributed by atoms with Gasteiger partial charge in [0.05, 0.1) is 33.0 Å². The van der Waals surface area contributed by atoms with Gasteiger partial charge in [0.25, 0.3) is 0 Å². The molecular weight excluding hydrogens is 274 g/mol. The Morgan fingerprint density at radius 3 is 2.10 bits per heavy atom. The molecule has 0 atom stereocenters. The van der Waals surface area contributed by atoms with Crippen LogP contribution in [0.5, 0.6) is 0 Å². The summed E-state index contributed by atoms with van der Waals surface area (Å²) in [5, 5.41) is 12.2. The lowest BCUT2D eigenvalue weighted by molar-refractivity contribution is -0.148. The molecule has 1 fully saturated rings. The van der Waals surface area contributed by atoms with Gasteiger partial charge in [-0.2, -0.15) is 0 Å². The fourth-order valence-corrected chi connectivity index (χ4v) is 2.15. The monoisotopic (exact) mass is 303 g/mol. The van der Waals surface area contributed by atoms with Crippen molar-refractivity contribution in [3.63, 3.8) is 0 Å². The Morgan fingerprint density at radius 1 is 1.05 bits per heavy atom. The predicted molar refractivity (Wildman–Crippen MR) is 79.6 cm³/mol. The molecule has 0 heterocycles. The predicted octanol–water partition coefficient (Wildman–Crippen LogP) is 1.43.